The topological polar surface area (TPSA) is 132 Å². The number of aromatic nitrogens is 4. The minimum atomic E-state index is -0.457. The van der Waals surface area contributed by atoms with E-state index in [1.54, 1.807) is 24.0 Å². The van der Waals surface area contributed by atoms with Crippen molar-refractivity contribution in [2.45, 2.75) is 42.5 Å². The zero-order valence-corrected chi connectivity index (χ0v) is 21.7. The molecular formula is C27H29FN6O3S. The monoisotopic (exact) mass is 536 g/mol. The molecule has 1 fully saturated rings. The van der Waals surface area contributed by atoms with Gasteiger partial charge < -0.3 is 25.3 Å². The Morgan fingerprint density at radius 2 is 2.00 bits per heavy atom. The number of anilines is 1. The Labute approximate surface area is 224 Å². The second-order valence-corrected chi connectivity index (χ2v) is 10.6. The zero-order chi connectivity index (χ0) is 26.5. The minimum absolute atomic E-state index is 0.0335. The maximum atomic E-state index is 14.9. The van der Waals surface area contributed by atoms with Crippen LogP contribution in [-0.2, 0) is 11.3 Å². The van der Waals surface area contributed by atoms with Crippen LogP contribution in [0.3, 0.4) is 0 Å². The van der Waals surface area contributed by atoms with Gasteiger partial charge in [0.1, 0.15) is 5.82 Å². The number of aliphatic hydroxyl groups is 1. The number of nitrogen functional groups attached to an aromatic ring is 1. The molecule has 1 aliphatic rings. The molecule has 9 nitrogen and oxygen atoms in total. The van der Waals surface area contributed by atoms with Crippen molar-refractivity contribution < 1.29 is 18.7 Å². The Kier molecular flexibility index (Phi) is 8.28. The van der Waals surface area contributed by atoms with Gasteiger partial charge in [0.05, 0.1) is 24.1 Å². The molecule has 0 saturated carbocycles. The summed E-state index contributed by atoms with van der Waals surface area (Å²) in [5, 5.41) is 20.9. The lowest BCUT2D eigenvalue weighted by Crippen LogP contribution is -2.28. The zero-order valence-electron chi connectivity index (χ0n) is 20.9. The van der Waals surface area contributed by atoms with Gasteiger partial charge in [0, 0.05) is 41.5 Å². The van der Waals surface area contributed by atoms with Crippen molar-refractivity contribution in [1.82, 2.24) is 25.5 Å². The van der Waals surface area contributed by atoms with E-state index in [9.17, 15) is 4.39 Å². The van der Waals surface area contributed by atoms with E-state index in [0.717, 1.165) is 35.5 Å². The first kappa shape index (κ1) is 26.2. The van der Waals surface area contributed by atoms with Crippen LogP contribution >= 0.6 is 11.8 Å². The molecule has 0 aliphatic carbocycles. The SMILES string of the molecule is CC(CCO)Sc1ccc(-c2cnc(N)c(-c3nnc(-c4ccc(CNC5CCOC5)cc4F)o3)n2)cc1. The molecule has 1 aliphatic heterocycles. The summed E-state index contributed by atoms with van der Waals surface area (Å²) in [5.41, 5.74) is 8.75. The third kappa shape index (κ3) is 6.18. The van der Waals surface area contributed by atoms with Gasteiger partial charge >= 0.3 is 0 Å². The molecule has 4 aromatic rings. The first-order valence-electron chi connectivity index (χ1n) is 12.4. The Morgan fingerprint density at radius 1 is 1.18 bits per heavy atom. The smallest absolute Gasteiger partial charge is 0.270 e. The van der Waals surface area contributed by atoms with Gasteiger partial charge in [0.2, 0.25) is 0 Å². The van der Waals surface area contributed by atoms with Crippen molar-refractivity contribution >= 4 is 17.6 Å². The second-order valence-electron chi connectivity index (χ2n) is 9.12. The third-order valence-corrected chi connectivity index (χ3v) is 7.42. The first-order valence-corrected chi connectivity index (χ1v) is 13.3. The van der Waals surface area contributed by atoms with Gasteiger partial charge in [-0.05, 0) is 42.7 Å². The van der Waals surface area contributed by atoms with Crippen LogP contribution in [-0.4, -0.2) is 56.4 Å². The third-order valence-electron chi connectivity index (χ3n) is 6.24. The molecule has 2 atom stereocenters. The van der Waals surface area contributed by atoms with Gasteiger partial charge in [-0.2, -0.15) is 0 Å². The van der Waals surface area contributed by atoms with Gasteiger partial charge in [-0.1, -0.05) is 25.1 Å². The summed E-state index contributed by atoms with van der Waals surface area (Å²) >= 11 is 1.70. The molecule has 38 heavy (non-hydrogen) atoms. The highest BCUT2D eigenvalue weighted by Gasteiger charge is 2.20. The molecule has 11 heteroatoms. The van der Waals surface area contributed by atoms with Crippen molar-refractivity contribution in [1.29, 1.82) is 0 Å². The summed E-state index contributed by atoms with van der Waals surface area (Å²) in [4.78, 5) is 9.95. The number of aliphatic hydroxyl groups excluding tert-OH is 1. The van der Waals surface area contributed by atoms with Crippen molar-refractivity contribution in [2.75, 3.05) is 25.6 Å². The summed E-state index contributed by atoms with van der Waals surface area (Å²) in [5.74, 6) is -0.234. The van der Waals surface area contributed by atoms with Crippen LogP contribution < -0.4 is 11.1 Å². The Morgan fingerprint density at radius 3 is 2.74 bits per heavy atom. The van der Waals surface area contributed by atoms with Crippen LogP contribution in [0.2, 0.25) is 0 Å². The van der Waals surface area contributed by atoms with Crippen molar-refractivity contribution in [3.05, 3.63) is 60.0 Å². The van der Waals surface area contributed by atoms with E-state index in [1.165, 1.54) is 6.07 Å². The number of halogens is 1. The van der Waals surface area contributed by atoms with Gasteiger partial charge in [-0.15, -0.1) is 22.0 Å². The minimum Gasteiger partial charge on any atom is -0.414 e. The first-order chi connectivity index (χ1) is 18.5. The van der Waals surface area contributed by atoms with Crippen LogP contribution in [0.4, 0.5) is 10.2 Å². The summed E-state index contributed by atoms with van der Waals surface area (Å²) < 4.78 is 26.1. The number of nitrogens with zero attached hydrogens (tertiary/aromatic N) is 4. The van der Waals surface area contributed by atoms with Crippen LogP contribution in [0.15, 0.2) is 58.0 Å². The number of rotatable bonds is 10. The van der Waals surface area contributed by atoms with E-state index < -0.39 is 5.82 Å². The Bertz CT molecular complexity index is 1380. The molecular weight excluding hydrogens is 507 g/mol. The maximum Gasteiger partial charge on any atom is 0.270 e. The largest absolute Gasteiger partial charge is 0.414 e. The molecule has 0 spiro atoms. The highest BCUT2D eigenvalue weighted by atomic mass is 32.2. The highest BCUT2D eigenvalue weighted by molar-refractivity contribution is 7.99. The van der Waals surface area contributed by atoms with E-state index in [2.05, 4.69) is 32.4 Å². The summed E-state index contributed by atoms with van der Waals surface area (Å²) in [6.07, 6.45) is 3.26. The van der Waals surface area contributed by atoms with Crippen molar-refractivity contribution in [3.63, 3.8) is 0 Å². The maximum absolute atomic E-state index is 14.9. The number of ether oxygens (including phenoxy) is 1. The fourth-order valence-corrected chi connectivity index (χ4v) is 5.08. The standard InChI is InChI=1S/C27H29FN6O3S/c1-16(8-10-35)38-20-5-3-18(4-6-20)23-14-31-25(29)24(32-23)27-34-33-26(37-27)21-7-2-17(12-22(21)28)13-30-19-9-11-36-15-19/h2-7,12,14,16,19,30,35H,8-11,13,15H2,1H3,(H2,29,31). The molecule has 4 N–H and O–H groups in total. The fraction of sp³-hybridized carbons (Fsp3) is 0.333. The molecule has 2 aromatic heterocycles. The molecule has 0 bridgehead atoms. The van der Waals surface area contributed by atoms with Crippen LogP contribution in [0.1, 0.15) is 25.3 Å². The number of thioether (sulfide) groups is 1. The molecule has 0 amide bonds. The number of nitrogens with one attached hydrogen (secondary N) is 1. The van der Waals surface area contributed by atoms with Gasteiger partial charge in [-0.25, -0.2) is 14.4 Å². The normalized spacial score (nSPS) is 16.1. The summed E-state index contributed by atoms with van der Waals surface area (Å²) in [7, 11) is 0. The van der Waals surface area contributed by atoms with E-state index in [1.807, 2.05) is 30.3 Å². The second kappa shape index (κ2) is 12.0. The highest BCUT2D eigenvalue weighted by Crippen LogP contribution is 2.31. The van der Waals surface area contributed by atoms with Crippen LogP contribution in [0, 0.1) is 5.82 Å². The average Bonchev–Trinajstić information content (AvgIpc) is 3.61. The summed E-state index contributed by atoms with van der Waals surface area (Å²) in [6.45, 7) is 4.21. The predicted molar refractivity (Wildman–Crippen MR) is 144 cm³/mol. The van der Waals surface area contributed by atoms with Crippen molar-refractivity contribution in [2.24, 2.45) is 0 Å². The van der Waals surface area contributed by atoms with E-state index in [0.29, 0.717) is 24.1 Å². The Balaban J connectivity index is 1.32. The molecule has 2 aromatic carbocycles. The van der Waals surface area contributed by atoms with Gasteiger partial charge in [0.15, 0.2) is 11.5 Å². The van der Waals surface area contributed by atoms with Gasteiger partial charge in [0.25, 0.3) is 11.8 Å². The molecule has 3 heterocycles. The number of hydrogen-bond acceptors (Lipinski definition) is 10. The Hall–Kier alpha value is -3.38. The lowest BCUT2D eigenvalue weighted by molar-refractivity contribution is 0.190. The van der Waals surface area contributed by atoms with Gasteiger partial charge in [-0.3, -0.25) is 0 Å². The number of benzene rings is 2. The summed E-state index contributed by atoms with van der Waals surface area (Å²) in [6, 6.07) is 13.1. The van der Waals surface area contributed by atoms with Crippen molar-refractivity contribution in [3.8, 4) is 34.3 Å². The molecule has 2 unspecified atom stereocenters. The van der Waals surface area contributed by atoms with E-state index in [4.69, 9.17) is 20.0 Å². The number of nitrogens with two attached hydrogens (primary N) is 1. The quantitative estimate of drug-likeness (QED) is 0.252. The predicted octanol–water partition coefficient (Wildman–Crippen LogP) is 4.32. The molecule has 5 rings (SSSR count). The lowest BCUT2D eigenvalue weighted by Gasteiger charge is -2.10. The molecule has 0 radical (unpaired) electrons. The molecule has 1 saturated heterocycles. The average molecular weight is 537 g/mol. The lowest BCUT2D eigenvalue weighted by atomic mass is 10.1. The number of hydrogen-bond donors (Lipinski definition) is 3. The van der Waals surface area contributed by atoms with E-state index in [-0.39, 0.29) is 41.5 Å². The van der Waals surface area contributed by atoms with Crippen LogP contribution in [0.25, 0.3) is 34.3 Å². The van der Waals surface area contributed by atoms with E-state index >= 15 is 0 Å². The molecule has 198 valence electrons. The fourth-order valence-electron chi connectivity index (χ4n) is 4.10. The van der Waals surface area contributed by atoms with Crippen LogP contribution in [0.5, 0.6) is 0 Å².